The molecule has 0 saturated carbocycles. The van der Waals surface area contributed by atoms with Crippen LogP contribution in [0.2, 0.25) is 5.02 Å². The van der Waals surface area contributed by atoms with E-state index in [0.717, 1.165) is 40.4 Å². The summed E-state index contributed by atoms with van der Waals surface area (Å²) in [6, 6.07) is 22.7. The number of carboxylic acid groups (broad SMARTS) is 1. The minimum absolute atomic E-state index is 0.0970. The molecule has 1 aliphatic heterocycles. The van der Waals surface area contributed by atoms with E-state index in [2.05, 4.69) is 4.31 Å². The normalized spacial score (nSPS) is 15.3. The molecular formula is C24H23ClN2O3S. The number of halogens is 1. The lowest BCUT2D eigenvalue weighted by Gasteiger charge is -2.38. The number of ether oxygens (including phenoxy) is 1. The van der Waals surface area contributed by atoms with E-state index in [1.807, 2.05) is 72.8 Å². The SMILES string of the molecule is NC(Cc1cccc(SN2CC(Oc3ccccc3-c3ccccc3Cl)C2)c1)C(=O)O. The number of para-hydroxylation sites is 1. The summed E-state index contributed by atoms with van der Waals surface area (Å²) in [5, 5.41) is 9.70. The fourth-order valence-electron chi connectivity index (χ4n) is 3.42. The third-order valence-corrected chi connectivity index (χ3v) is 6.42. The number of benzene rings is 3. The molecule has 160 valence electrons. The van der Waals surface area contributed by atoms with Crippen LogP contribution in [0.5, 0.6) is 5.75 Å². The van der Waals surface area contributed by atoms with Crippen molar-refractivity contribution in [1.29, 1.82) is 0 Å². The van der Waals surface area contributed by atoms with Crippen LogP contribution in [-0.2, 0) is 11.2 Å². The average molecular weight is 455 g/mol. The highest BCUT2D eigenvalue weighted by molar-refractivity contribution is 7.97. The number of rotatable bonds is 8. The molecule has 4 rings (SSSR count). The third-order valence-electron chi connectivity index (χ3n) is 5.07. The molecule has 1 fully saturated rings. The molecule has 0 spiro atoms. The maximum Gasteiger partial charge on any atom is 0.320 e. The molecule has 0 aromatic heterocycles. The number of carbonyl (C=O) groups is 1. The highest BCUT2D eigenvalue weighted by atomic mass is 35.5. The highest BCUT2D eigenvalue weighted by Crippen LogP contribution is 2.37. The zero-order chi connectivity index (χ0) is 21.8. The van der Waals surface area contributed by atoms with Crippen molar-refractivity contribution in [3.63, 3.8) is 0 Å². The second-order valence-corrected chi connectivity index (χ2v) is 9.03. The van der Waals surface area contributed by atoms with Crippen molar-refractivity contribution in [2.45, 2.75) is 23.5 Å². The van der Waals surface area contributed by atoms with Crippen molar-refractivity contribution in [3.8, 4) is 16.9 Å². The topological polar surface area (TPSA) is 75.8 Å². The smallest absolute Gasteiger partial charge is 0.320 e. The van der Waals surface area contributed by atoms with Crippen LogP contribution in [0.1, 0.15) is 5.56 Å². The zero-order valence-electron chi connectivity index (χ0n) is 16.8. The first kappa shape index (κ1) is 21.7. The summed E-state index contributed by atoms with van der Waals surface area (Å²) in [6.45, 7) is 1.58. The second-order valence-electron chi connectivity index (χ2n) is 7.45. The fourth-order valence-corrected chi connectivity index (χ4v) is 4.78. The number of aliphatic carboxylic acids is 1. The Kier molecular flexibility index (Phi) is 6.83. The van der Waals surface area contributed by atoms with Crippen LogP contribution in [0.25, 0.3) is 11.1 Å². The largest absolute Gasteiger partial charge is 0.487 e. The Morgan fingerprint density at radius 1 is 1.10 bits per heavy atom. The molecule has 0 radical (unpaired) electrons. The quantitative estimate of drug-likeness (QED) is 0.479. The van der Waals surface area contributed by atoms with Gasteiger partial charge in [0.25, 0.3) is 0 Å². The first-order chi connectivity index (χ1) is 15.0. The molecule has 1 saturated heterocycles. The van der Waals surface area contributed by atoms with Gasteiger partial charge >= 0.3 is 5.97 Å². The number of carboxylic acids is 1. The molecule has 5 nitrogen and oxygen atoms in total. The molecule has 0 bridgehead atoms. The Bertz CT molecular complexity index is 1070. The summed E-state index contributed by atoms with van der Waals surface area (Å²) in [6.07, 6.45) is 0.411. The molecule has 7 heteroatoms. The third kappa shape index (κ3) is 5.40. The lowest BCUT2D eigenvalue weighted by atomic mass is 10.0. The van der Waals surface area contributed by atoms with E-state index in [-0.39, 0.29) is 6.10 Å². The van der Waals surface area contributed by atoms with Gasteiger partial charge in [-0.25, -0.2) is 4.31 Å². The van der Waals surface area contributed by atoms with Crippen LogP contribution in [-0.4, -0.2) is 40.6 Å². The molecule has 1 aliphatic rings. The lowest BCUT2D eigenvalue weighted by Crippen LogP contribution is -2.49. The second kappa shape index (κ2) is 9.75. The average Bonchev–Trinajstić information content (AvgIpc) is 2.73. The monoisotopic (exact) mass is 454 g/mol. The van der Waals surface area contributed by atoms with E-state index in [1.54, 1.807) is 11.9 Å². The minimum atomic E-state index is -0.988. The van der Waals surface area contributed by atoms with Crippen molar-refractivity contribution < 1.29 is 14.6 Å². The Balaban J connectivity index is 1.35. The molecule has 1 unspecified atom stereocenters. The molecule has 3 aromatic rings. The Morgan fingerprint density at radius 3 is 2.55 bits per heavy atom. The first-order valence-electron chi connectivity index (χ1n) is 10.0. The van der Waals surface area contributed by atoms with Crippen LogP contribution < -0.4 is 10.5 Å². The number of nitrogens with two attached hydrogens (primary N) is 1. The molecule has 0 aliphatic carbocycles. The van der Waals surface area contributed by atoms with Gasteiger partial charge in [-0.05, 0) is 48.2 Å². The van der Waals surface area contributed by atoms with E-state index in [9.17, 15) is 4.79 Å². The minimum Gasteiger partial charge on any atom is -0.487 e. The van der Waals surface area contributed by atoms with Gasteiger partial charge in [-0.1, -0.05) is 60.1 Å². The predicted octanol–water partition coefficient (Wildman–Crippen LogP) is 4.73. The van der Waals surface area contributed by atoms with Crippen LogP contribution in [0.15, 0.2) is 77.7 Å². The molecule has 3 N–H and O–H groups in total. The van der Waals surface area contributed by atoms with Gasteiger partial charge < -0.3 is 15.6 Å². The number of nitrogens with zero attached hydrogens (tertiary/aromatic N) is 1. The van der Waals surface area contributed by atoms with Gasteiger partial charge in [0, 0.05) is 34.1 Å². The van der Waals surface area contributed by atoms with Crippen LogP contribution in [0.4, 0.5) is 0 Å². The number of hydrogen-bond donors (Lipinski definition) is 2. The fraction of sp³-hybridized carbons (Fsp3) is 0.208. The summed E-state index contributed by atoms with van der Waals surface area (Å²) in [4.78, 5) is 12.0. The molecule has 1 atom stereocenters. The van der Waals surface area contributed by atoms with Crippen molar-refractivity contribution in [2.24, 2.45) is 5.73 Å². The standard InChI is InChI=1S/C24H23ClN2O3S/c25-21-10-3-1-8-19(21)20-9-2-4-11-23(20)30-17-14-27(15-17)31-18-7-5-6-16(12-18)13-22(26)24(28)29/h1-12,17,22H,13-15,26H2,(H,28,29). The Labute approximate surface area is 190 Å². The Morgan fingerprint density at radius 2 is 1.81 bits per heavy atom. The van der Waals surface area contributed by atoms with Crippen molar-refractivity contribution in [3.05, 3.63) is 83.4 Å². The van der Waals surface area contributed by atoms with Gasteiger partial charge in [0.1, 0.15) is 17.9 Å². The summed E-state index contributed by atoms with van der Waals surface area (Å²) in [5.74, 6) is -0.159. The van der Waals surface area contributed by atoms with E-state index in [0.29, 0.717) is 11.4 Å². The summed E-state index contributed by atoms with van der Waals surface area (Å²) < 4.78 is 8.49. The zero-order valence-corrected chi connectivity index (χ0v) is 18.4. The van der Waals surface area contributed by atoms with Gasteiger partial charge in [0.15, 0.2) is 0 Å². The van der Waals surface area contributed by atoms with Crippen molar-refractivity contribution in [2.75, 3.05) is 13.1 Å². The van der Waals surface area contributed by atoms with E-state index < -0.39 is 12.0 Å². The molecule has 1 heterocycles. The van der Waals surface area contributed by atoms with E-state index in [1.165, 1.54) is 0 Å². The first-order valence-corrected chi connectivity index (χ1v) is 11.2. The predicted molar refractivity (Wildman–Crippen MR) is 124 cm³/mol. The van der Waals surface area contributed by atoms with E-state index in [4.69, 9.17) is 27.2 Å². The van der Waals surface area contributed by atoms with Gasteiger partial charge in [-0.3, -0.25) is 4.79 Å². The lowest BCUT2D eigenvalue weighted by molar-refractivity contribution is -0.138. The molecule has 31 heavy (non-hydrogen) atoms. The maximum atomic E-state index is 11.0. The highest BCUT2D eigenvalue weighted by Gasteiger charge is 2.30. The van der Waals surface area contributed by atoms with Crippen LogP contribution in [0, 0.1) is 0 Å². The van der Waals surface area contributed by atoms with Crippen molar-refractivity contribution >= 4 is 29.5 Å². The maximum absolute atomic E-state index is 11.0. The molecule has 3 aromatic carbocycles. The molecular weight excluding hydrogens is 432 g/mol. The van der Waals surface area contributed by atoms with Gasteiger partial charge in [0.2, 0.25) is 0 Å². The van der Waals surface area contributed by atoms with Gasteiger partial charge in [0.05, 0.1) is 0 Å². The van der Waals surface area contributed by atoms with Gasteiger partial charge in [-0.15, -0.1) is 0 Å². The van der Waals surface area contributed by atoms with Crippen LogP contribution in [0.3, 0.4) is 0 Å². The molecule has 0 amide bonds. The summed E-state index contributed by atoms with van der Waals surface area (Å²) in [5.41, 5.74) is 8.52. The van der Waals surface area contributed by atoms with Crippen LogP contribution >= 0.6 is 23.5 Å². The summed E-state index contributed by atoms with van der Waals surface area (Å²) in [7, 11) is 0. The van der Waals surface area contributed by atoms with E-state index >= 15 is 0 Å². The van der Waals surface area contributed by atoms with Crippen molar-refractivity contribution in [1.82, 2.24) is 4.31 Å². The summed E-state index contributed by atoms with van der Waals surface area (Å²) >= 11 is 8.02. The number of hydrogen-bond acceptors (Lipinski definition) is 5. The van der Waals surface area contributed by atoms with Gasteiger partial charge in [-0.2, -0.15) is 0 Å². The Hall–Kier alpha value is -2.51.